The van der Waals surface area contributed by atoms with Gasteiger partial charge in [-0.1, -0.05) is 25.1 Å². The van der Waals surface area contributed by atoms with E-state index >= 15 is 0 Å². The number of aromatic amines is 1. The number of amides is 1. The molecule has 5 nitrogen and oxygen atoms in total. The van der Waals surface area contributed by atoms with Gasteiger partial charge in [-0.15, -0.1) is 0 Å². The topological polar surface area (TPSA) is 62.4 Å². The lowest BCUT2D eigenvalue weighted by Crippen LogP contribution is -2.32. The van der Waals surface area contributed by atoms with Crippen molar-refractivity contribution >= 4 is 22.5 Å². The van der Waals surface area contributed by atoms with E-state index in [1.165, 1.54) is 0 Å². The normalized spacial score (nSPS) is 10.8. The number of para-hydroxylation sites is 1. The number of rotatable bonds is 7. The van der Waals surface area contributed by atoms with Crippen molar-refractivity contribution in [1.82, 2.24) is 4.98 Å². The Bertz CT molecular complexity index is 1020. The number of carbonyl (C=O) groups is 1. The van der Waals surface area contributed by atoms with E-state index in [2.05, 4.69) is 4.98 Å². The number of nitrogens with one attached hydrogen (secondary N) is 1. The van der Waals surface area contributed by atoms with E-state index in [0.717, 1.165) is 34.3 Å². The third-order valence-electron chi connectivity index (χ3n) is 4.72. The average Bonchev–Trinajstić information content (AvgIpc) is 2.68. The molecule has 0 spiro atoms. The van der Waals surface area contributed by atoms with Crippen LogP contribution in [0.1, 0.15) is 37.8 Å². The Balaban J connectivity index is 1.97. The van der Waals surface area contributed by atoms with Gasteiger partial charge >= 0.3 is 0 Å². The molecule has 1 N–H and O–H groups in total. The van der Waals surface area contributed by atoms with E-state index < -0.39 is 0 Å². The molecule has 1 heterocycles. The first kappa shape index (κ1) is 19.7. The highest BCUT2D eigenvalue weighted by atomic mass is 16.5. The lowest BCUT2D eigenvalue weighted by Gasteiger charge is -2.23. The van der Waals surface area contributed by atoms with E-state index in [0.29, 0.717) is 18.6 Å². The second kappa shape index (κ2) is 8.74. The van der Waals surface area contributed by atoms with E-state index in [1.54, 1.807) is 4.90 Å². The van der Waals surface area contributed by atoms with Gasteiger partial charge in [0.05, 0.1) is 18.7 Å². The number of hydrogen-bond donors (Lipinski definition) is 1. The van der Waals surface area contributed by atoms with Crippen molar-refractivity contribution in [3.63, 3.8) is 0 Å². The van der Waals surface area contributed by atoms with Gasteiger partial charge < -0.3 is 14.6 Å². The number of carbonyl (C=O) groups excluding carboxylic acids is 1. The smallest absolute Gasteiger partial charge is 0.253 e. The molecule has 0 unspecified atom stereocenters. The van der Waals surface area contributed by atoms with Crippen molar-refractivity contribution in [1.29, 1.82) is 0 Å². The van der Waals surface area contributed by atoms with Crippen molar-refractivity contribution in [3.8, 4) is 5.75 Å². The van der Waals surface area contributed by atoms with E-state index in [-0.39, 0.29) is 18.0 Å². The minimum atomic E-state index is -0.165. The second-order valence-electron chi connectivity index (χ2n) is 6.82. The molecule has 0 aliphatic carbocycles. The first-order valence-corrected chi connectivity index (χ1v) is 9.68. The predicted octanol–water partition coefficient (Wildman–Crippen LogP) is 4.57. The average molecular weight is 378 g/mol. The van der Waals surface area contributed by atoms with Gasteiger partial charge in [0.1, 0.15) is 5.75 Å². The van der Waals surface area contributed by atoms with Gasteiger partial charge in [-0.3, -0.25) is 9.59 Å². The Kier molecular flexibility index (Phi) is 6.14. The van der Waals surface area contributed by atoms with Crippen LogP contribution in [0.25, 0.3) is 10.9 Å². The number of aryl methyl sites for hydroxylation is 1. The number of anilines is 1. The molecule has 146 valence electrons. The molecule has 0 radical (unpaired) electrons. The van der Waals surface area contributed by atoms with Crippen molar-refractivity contribution in [3.05, 3.63) is 70.0 Å². The molecule has 3 aromatic rings. The third kappa shape index (κ3) is 4.25. The molecule has 0 aliphatic rings. The van der Waals surface area contributed by atoms with Crippen LogP contribution in [-0.2, 0) is 11.3 Å². The van der Waals surface area contributed by atoms with Crippen LogP contribution in [0.5, 0.6) is 5.75 Å². The summed E-state index contributed by atoms with van der Waals surface area (Å²) in [5.41, 5.74) is 3.01. The van der Waals surface area contributed by atoms with Crippen molar-refractivity contribution in [2.24, 2.45) is 0 Å². The summed E-state index contributed by atoms with van der Waals surface area (Å²) in [6.45, 7) is 6.68. The molecule has 3 rings (SSSR count). The van der Waals surface area contributed by atoms with Crippen LogP contribution in [-0.4, -0.2) is 17.5 Å². The van der Waals surface area contributed by atoms with Crippen molar-refractivity contribution < 1.29 is 9.53 Å². The molecule has 0 fully saturated rings. The number of aromatic nitrogens is 1. The number of benzene rings is 2. The number of hydrogen-bond acceptors (Lipinski definition) is 3. The van der Waals surface area contributed by atoms with Crippen LogP contribution in [0.3, 0.4) is 0 Å². The first-order valence-electron chi connectivity index (χ1n) is 9.68. The van der Waals surface area contributed by atoms with Gasteiger partial charge in [-0.25, -0.2) is 0 Å². The minimum Gasteiger partial charge on any atom is -0.494 e. The highest BCUT2D eigenvalue weighted by molar-refractivity contribution is 5.93. The minimum absolute atomic E-state index is 0.00426. The Morgan fingerprint density at radius 1 is 1.11 bits per heavy atom. The Labute approximate surface area is 165 Å². The maximum atomic E-state index is 12.8. The van der Waals surface area contributed by atoms with Crippen LogP contribution in [0.15, 0.2) is 53.3 Å². The molecule has 0 bridgehead atoms. The van der Waals surface area contributed by atoms with Crippen LogP contribution < -0.4 is 15.2 Å². The number of ether oxygens (including phenoxy) is 1. The molecule has 0 atom stereocenters. The fraction of sp³-hybridized carbons (Fsp3) is 0.304. The van der Waals surface area contributed by atoms with Gasteiger partial charge in [0.25, 0.3) is 5.56 Å². The molecule has 1 aromatic heterocycles. The molecule has 28 heavy (non-hydrogen) atoms. The first-order chi connectivity index (χ1) is 13.5. The highest BCUT2D eigenvalue weighted by Crippen LogP contribution is 2.23. The van der Waals surface area contributed by atoms with Gasteiger partial charge in [-0.05, 0) is 61.5 Å². The van der Waals surface area contributed by atoms with E-state index in [4.69, 9.17) is 4.74 Å². The summed E-state index contributed by atoms with van der Waals surface area (Å²) in [5, 5.41) is 0.962. The standard InChI is InChI=1S/C23H26N2O3/c1-4-7-21(26)25(19-10-12-20(13-11-19)28-5-2)15-18-14-17-9-6-8-16(3)22(17)24-23(18)27/h6,8-14H,4-5,7,15H2,1-3H3,(H,24,27). The van der Waals surface area contributed by atoms with Crippen LogP contribution >= 0.6 is 0 Å². The summed E-state index contributed by atoms with van der Waals surface area (Å²) in [6.07, 6.45) is 1.18. The lowest BCUT2D eigenvalue weighted by atomic mass is 10.1. The lowest BCUT2D eigenvalue weighted by molar-refractivity contribution is -0.118. The molecule has 0 saturated carbocycles. The summed E-state index contributed by atoms with van der Waals surface area (Å²) in [5.74, 6) is 0.753. The highest BCUT2D eigenvalue weighted by Gasteiger charge is 2.18. The summed E-state index contributed by atoms with van der Waals surface area (Å²) in [7, 11) is 0. The van der Waals surface area contributed by atoms with Gasteiger partial charge in [0, 0.05) is 17.7 Å². The largest absolute Gasteiger partial charge is 0.494 e. The number of fused-ring (bicyclic) bond motifs is 1. The molecule has 2 aromatic carbocycles. The van der Waals surface area contributed by atoms with Crippen LogP contribution in [0, 0.1) is 6.92 Å². The summed E-state index contributed by atoms with van der Waals surface area (Å²) in [4.78, 5) is 30.1. The molecular weight excluding hydrogens is 352 g/mol. The maximum absolute atomic E-state index is 12.8. The second-order valence-corrected chi connectivity index (χ2v) is 6.82. The summed E-state index contributed by atoms with van der Waals surface area (Å²) in [6, 6.07) is 15.2. The molecule has 0 saturated heterocycles. The van der Waals surface area contributed by atoms with E-state index in [9.17, 15) is 9.59 Å². The molecular formula is C23H26N2O3. The molecule has 1 amide bonds. The van der Waals surface area contributed by atoms with Crippen LogP contribution in [0.4, 0.5) is 5.69 Å². The maximum Gasteiger partial charge on any atom is 0.253 e. The Morgan fingerprint density at radius 2 is 1.86 bits per heavy atom. The van der Waals surface area contributed by atoms with Crippen LogP contribution in [0.2, 0.25) is 0 Å². The number of nitrogens with zero attached hydrogens (tertiary/aromatic N) is 1. The zero-order valence-electron chi connectivity index (χ0n) is 16.6. The Morgan fingerprint density at radius 3 is 2.54 bits per heavy atom. The quantitative estimate of drug-likeness (QED) is 0.655. The molecule has 5 heteroatoms. The van der Waals surface area contributed by atoms with Gasteiger partial charge in [0.2, 0.25) is 5.91 Å². The fourth-order valence-corrected chi connectivity index (χ4v) is 3.28. The predicted molar refractivity (Wildman–Crippen MR) is 113 cm³/mol. The number of pyridine rings is 1. The van der Waals surface area contributed by atoms with Crippen molar-refractivity contribution in [2.75, 3.05) is 11.5 Å². The Hall–Kier alpha value is -3.08. The zero-order valence-corrected chi connectivity index (χ0v) is 16.6. The van der Waals surface area contributed by atoms with Gasteiger partial charge in [-0.2, -0.15) is 0 Å². The third-order valence-corrected chi connectivity index (χ3v) is 4.72. The van der Waals surface area contributed by atoms with Gasteiger partial charge in [0.15, 0.2) is 0 Å². The summed E-state index contributed by atoms with van der Waals surface area (Å²) < 4.78 is 5.49. The van der Waals surface area contributed by atoms with Crippen molar-refractivity contribution in [2.45, 2.75) is 40.2 Å². The SMILES string of the molecule is CCCC(=O)N(Cc1cc2cccc(C)c2[nH]c1=O)c1ccc(OCC)cc1. The van der Waals surface area contributed by atoms with E-state index in [1.807, 2.05) is 69.3 Å². The monoisotopic (exact) mass is 378 g/mol. The summed E-state index contributed by atoms with van der Waals surface area (Å²) >= 11 is 0. The fourth-order valence-electron chi connectivity index (χ4n) is 3.28. The zero-order chi connectivity index (χ0) is 20.1. The number of H-pyrrole nitrogens is 1. The molecule has 0 aliphatic heterocycles.